The van der Waals surface area contributed by atoms with Crippen LogP contribution in [0.15, 0.2) is 24.3 Å². The normalized spacial score (nSPS) is 16.2. The molecule has 1 saturated heterocycles. The molecule has 1 aliphatic heterocycles. The molecule has 0 bridgehead atoms. The first-order valence-corrected chi connectivity index (χ1v) is 9.36. The van der Waals surface area contributed by atoms with Crippen molar-refractivity contribution in [2.24, 2.45) is 0 Å². The van der Waals surface area contributed by atoms with Gasteiger partial charge < -0.3 is 15.1 Å². The molecule has 8 heteroatoms. The fourth-order valence-corrected chi connectivity index (χ4v) is 3.25. The van der Waals surface area contributed by atoms with Crippen LogP contribution in [0.1, 0.15) is 5.56 Å². The highest BCUT2D eigenvalue weighted by Crippen LogP contribution is 2.12. The predicted octanol–water partition coefficient (Wildman–Crippen LogP) is 0.539. The van der Waals surface area contributed by atoms with Gasteiger partial charge in [0.2, 0.25) is 10.0 Å². The van der Waals surface area contributed by atoms with Crippen molar-refractivity contribution in [1.82, 2.24) is 14.5 Å². The van der Waals surface area contributed by atoms with Crippen molar-refractivity contribution in [2.75, 3.05) is 51.4 Å². The Labute approximate surface area is 137 Å². The summed E-state index contributed by atoms with van der Waals surface area (Å²) < 4.78 is 24.3. The van der Waals surface area contributed by atoms with E-state index < -0.39 is 10.0 Å². The van der Waals surface area contributed by atoms with E-state index in [2.05, 4.69) is 5.32 Å². The number of anilines is 1. The maximum Gasteiger partial charge on any atom is 0.317 e. The van der Waals surface area contributed by atoms with Crippen molar-refractivity contribution < 1.29 is 13.2 Å². The topological polar surface area (TPSA) is 73.0 Å². The van der Waals surface area contributed by atoms with Gasteiger partial charge in [-0.15, -0.1) is 0 Å². The third kappa shape index (κ3) is 4.84. The molecule has 1 aromatic carbocycles. The highest BCUT2D eigenvalue weighted by molar-refractivity contribution is 7.88. The van der Waals surface area contributed by atoms with Gasteiger partial charge in [0.05, 0.1) is 6.26 Å². The number of urea groups is 1. The van der Waals surface area contributed by atoms with Crippen molar-refractivity contribution in [3.63, 3.8) is 0 Å². The van der Waals surface area contributed by atoms with Gasteiger partial charge >= 0.3 is 6.03 Å². The third-order valence-corrected chi connectivity index (χ3v) is 5.19. The predicted molar refractivity (Wildman–Crippen MR) is 91.0 cm³/mol. The second-order valence-electron chi connectivity index (χ2n) is 5.87. The van der Waals surface area contributed by atoms with E-state index in [1.54, 1.807) is 4.90 Å². The number of sulfonamides is 1. The Hall–Kier alpha value is -1.80. The molecule has 2 amide bonds. The Kier molecular flexibility index (Phi) is 5.48. The van der Waals surface area contributed by atoms with Gasteiger partial charge in [0.25, 0.3) is 0 Å². The lowest BCUT2D eigenvalue weighted by Gasteiger charge is -2.33. The highest BCUT2D eigenvalue weighted by atomic mass is 32.2. The lowest BCUT2D eigenvalue weighted by atomic mass is 10.2. The van der Waals surface area contributed by atoms with E-state index in [9.17, 15) is 13.2 Å². The smallest absolute Gasteiger partial charge is 0.317 e. The maximum atomic E-state index is 12.1. The van der Waals surface area contributed by atoms with Crippen LogP contribution in [0, 0.1) is 0 Å². The van der Waals surface area contributed by atoms with Gasteiger partial charge in [-0.3, -0.25) is 0 Å². The minimum Gasteiger partial charge on any atom is -0.378 e. The number of hydrogen-bond acceptors (Lipinski definition) is 4. The number of carbonyl (C=O) groups excluding carboxylic acids is 1. The maximum absolute atomic E-state index is 12.1. The monoisotopic (exact) mass is 340 g/mol. The molecule has 23 heavy (non-hydrogen) atoms. The van der Waals surface area contributed by atoms with Gasteiger partial charge in [-0.1, -0.05) is 12.1 Å². The van der Waals surface area contributed by atoms with Crippen LogP contribution in [0.4, 0.5) is 10.5 Å². The summed E-state index contributed by atoms with van der Waals surface area (Å²) in [7, 11) is 0.788. The molecule has 1 aliphatic rings. The summed E-state index contributed by atoms with van der Waals surface area (Å²) in [6, 6.07) is 7.82. The summed E-state index contributed by atoms with van der Waals surface area (Å²) in [6.07, 6.45) is 1.19. The minimum atomic E-state index is -3.17. The van der Waals surface area contributed by atoms with Crippen LogP contribution in [0.25, 0.3) is 0 Å². The van der Waals surface area contributed by atoms with Crippen LogP contribution in [0.2, 0.25) is 0 Å². The van der Waals surface area contributed by atoms with Crippen molar-refractivity contribution in [3.8, 4) is 0 Å². The molecule has 7 nitrogen and oxygen atoms in total. The summed E-state index contributed by atoms with van der Waals surface area (Å²) in [5, 5.41) is 2.88. The van der Waals surface area contributed by atoms with Crippen LogP contribution in [-0.4, -0.2) is 70.2 Å². The molecule has 0 saturated carbocycles. The Morgan fingerprint density at radius 3 is 2.17 bits per heavy atom. The third-order valence-electron chi connectivity index (χ3n) is 3.89. The van der Waals surface area contributed by atoms with Crippen LogP contribution in [0.5, 0.6) is 0 Å². The first-order chi connectivity index (χ1) is 10.8. The lowest BCUT2D eigenvalue weighted by molar-refractivity contribution is 0.172. The molecule has 0 radical (unpaired) electrons. The fourth-order valence-electron chi connectivity index (χ4n) is 2.42. The van der Waals surface area contributed by atoms with Crippen molar-refractivity contribution in [3.05, 3.63) is 29.8 Å². The molecule has 0 aromatic heterocycles. The van der Waals surface area contributed by atoms with Gasteiger partial charge in [-0.05, 0) is 17.7 Å². The van der Waals surface area contributed by atoms with Gasteiger partial charge in [-0.2, -0.15) is 4.31 Å². The Morgan fingerprint density at radius 1 is 1.13 bits per heavy atom. The van der Waals surface area contributed by atoms with Crippen LogP contribution < -0.4 is 10.2 Å². The van der Waals surface area contributed by atoms with E-state index in [1.165, 1.54) is 10.6 Å². The SMILES string of the molecule is CN(C)c1ccc(CNC(=O)N2CCN(S(C)(=O)=O)CC2)cc1. The number of carbonyl (C=O) groups is 1. The summed E-state index contributed by atoms with van der Waals surface area (Å²) in [6.45, 7) is 1.99. The zero-order valence-corrected chi connectivity index (χ0v) is 14.6. The molecule has 1 heterocycles. The second-order valence-corrected chi connectivity index (χ2v) is 7.85. The Balaban J connectivity index is 1.81. The average Bonchev–Trinajstić information content (AvgIpc) is 2.52. The van der Waals surface area contributed by atoms with Gasteiger partial charge in [-0.25, -0.2) is 13.2 Å². The summed E-state index contributed by atoms with van der Waals surface area (Å²) >= 11 is 0. The van der Waals surface area contributed by atoms with Gasteiger partial charge in [0, 0.05) is 52.5 Å². The molecule has 0 aliphatic carbocycles. The molecule has 0 unspecified atom stereocenters. The van der Waals surface area contributed by atoms with Gasteiger partial charge in [0.15, 0.2) is 0 Å². The highest BCUT2D eigenvalue weighted by Gasteiger charge is 2.25. The first-order valence-electron chi connectivity index (χ1n) is 7.51. The standard InChI is InChI=1S/C15H24N4O3S/c1-17(2)14-6-4-13(5-7-14)12-16-15(20)18-8-10-19(11-9-18)23(3,21)22/h4-7H,8-12H2,1-3H3,(H,16,20). The number of nitrogens with one attached hydrogen (secondary N) is 1. The fraction of sp³-hybridized carbons (Fsp3) is 0.533. The summed E-state index contributed by atoms with van der Waals surface area (Å²) in [5.74, 6) is 0. The number of amides is 2. The molecule has 1 fully saturated rings. The number of nitrogens with zero attached hydrogens (tertiary/aromatic N) is 3. The largest absolute Gasteiger partial charge is 0.378 e. The quantitative estimate of drug-likeness (QED) is 0.868. The van der Waals surface area contributed by atoms with E-state index in [1.807, 2.05) is 43.3 Å². The second kappa shape index (κ2) is 7.18. The molecule has 1 N–H and O–H groups in total. The van der Waals surface area contributed by atoms with E-state index in [0.29, 0.717) is 32.7 Å². The number of piperazine rings is 1. The lowest BCUT2D eigenvalue weighted by Crippen LogP contribution is -2.52. The number of rotatable bonds is 4. The van der Waals surface area contributed by atoms with Crippen molar-refractivity contribution >= 4 is 21.7 Å². The average molecular weight is 340 g/mol. The van der Waals surface area contributed by atoms with E-state index in [4.69, 9.17) is 0 Å². The Bertz CT molecular complexity index is 635. The number of hydrogen-bond donors (Lipinski definition) is 1. The molecular formula is C15H24N4O3S. The molecule has 128 valence electrons. The van der Waals surface area contributed by atoms with Crippen molar-refractivity contribution in [1.29, 1.82) is 0 Å². The summed E-state index contributed by atoms with van der Waals surface area (Å²) in [4.78, 5) is 15.8. The molecule has 2 rings (SSSR count). The zero-order valence-electron chi connectivity index (χ0n) is 13.8. The van der Waals surface area contributed by atoms with Crippen LogP contribution in [-0.2, 0) is 16.6 Å². The summed E-state index contributed by atoms with van der Waals surface area (Å²) in [5.41, 5.74) is 2.13. The van der Waals surface area contributed by atoms with E-state index in [0.717, 1.165) is 11.3 Å². The molecule has 0 atom stereocenters. The van der Waals surface area contributed by atoms with Gasteiger partial charge in [0.1, 0.15) is 0 Å². The molecule has 0 spiro atoms. The van der Waals surface area contributed by atoms with Crippen molar-refractivity contribution in [2.45, 2.75) is 6.54 Å². The van der Waals surface area contributed by atoms with Crippen LogP contribution in [0.3, 0.4) is 0 Å². The zero-order chi connectivity index (χ0) is 17.0. The Morgan fingerprint density at radius 2 is 1.70 bits per heavy atom. The molecule has 1 aromatic rings. The number of benzene rings is 1. The van der Waals surface area contributed by atoms with E-state index in [-0.39, 0.29) is 6.03 Å². The molecular weight excluding hydrogens is 316 g/mol. The minimum absolute atomic E-state index is 0.158. The first kappa shape index (κ1) is 17.6. The van der Waals surface area contributed by atoms with Crippen LogP contribution >= 0.6 is 0 Å². The van der Waals surface area contributed by atoms with E-state index >= 15 is 0 Å².